The van der Waals surface area contributed by atoms with Crippen LogP contribution in [0.3, 0.4) is 0 Å². The number of benzene rings is 1. The van der Waals surface area contributed by atoms with Crippen LogP contribution in [0.4, 0.5) is 5.69 Å². The standard InChI is InChI=1S/C11H14ClNO3/c1-2-3-4-7-16-11-8-9(12)5-6-10(11)13(14)15/h5-6,8H,2-4,7H2,1H3. The van der Waals surface area contributed by atoms with E-state index in [1.165, 1.54) is 18.2 Å². The van der Waals surface area contributed by atoms with Gasteiger partial charge in [0.15, 0.2) is 5.75 Å². The minimum Gasteiger partial charge on any atom is -0.487 e. The van der Waals surface area contributed by atoms with Gasteiger partial charge in [-0.25, -0.2) is 0 Å². The summed E-state index contributed by atoms with van der Waals surface area (Å²) in [5, 5.41) is 11.1. The van der Waals surface area contributed by atoms with Crippen LogP contribution in [0.1, 0.15) is 26.2 Å². The highest BCUT2D eigenvalue weighted by Gasteiger charge is 2.14. The average molecular weight is 244 g/mol. The molecular formula is C11H14ClNO3. The SMILES string of the molecule is CCCCCOc1cc(Cl)ccc1[N+](=O)[O-]. The van der Waals surface area contributed by atoms with Gasteiger partial charge in [-0.15, -0.1) is 0 Å². The fourth-order valence-electron chi connectivity index (χ4n) is 1.29. The second kappa shape index (κ2) is 6.33. The van der Waals surface area contributed by atoms with Crippen molar-refractivity contribution in [3.05, 3.63) is 33.3 Å². The molecule has 0 aromatic heterocycles. The van der Waals surface area contributed by atoms with E-state index in [1.807, 2.05) is 0 Å². The molecule has 0 unspecified atom stereocenters. The highest BCUT2D eigenvalue weighted by Crippen LogP contribution is 2.29. The molecule has 1 aromatic rings. The average Bonchev–Trinajstić information content (AvgIpc) is 2.24. The van der Waals surface area contributed by atoms with Crippen molar-refractivity contribution in [1.29, 1.82) is 0 Å². The number of hydrogen-bond donors (Lipinski definition) is 0. The van der Waals surface area contributed by atoms with Crippen LogP contribution in [0.5, 0.6) is 5.75 Å². The Kier molecular flexibility index (Phi) is 5.05. The van der Waals surface area contributed by atoms with Crippen molar-refractivity contribution in [3.8, 4) is 5.75 Å². The van der Waals surface area contributed by atoms with Crippen LogP contribution in [0, 0.1) is 10.1 Å². The van der Waals surface area contributed by atoms with E-state index >= 15 is 0 Å². The van der Waals surface area contributed by atoms with E-state index in [4.69, 9.17) is 16.3 Å². The van der Waals surface area contributed by atoms with E-state index in [2.05, 4.69) is 6.92 Å². The number of ether oxygens (including phenoxy) is 1. The first-order valence-electron chi connectivity index (χ1n) is 5.22. The van der Waals surface area contributed by atoms with Gasteiger partial charge in [0.2, 0.25) is 0 Å². The van der Waals surface area contributed by atoms with E-state index in [-0.39, 0.29) is 11.4 Å². The maximum Gasteiger partial charge on any atom is 0.311 e. The van der Waals surface area contributed by atoms with Crippen LogP contribution >= 0.6 is 11.6 Å². The monoisotopic (exact) mass is 243 g/mol. The molecule has 0 atom stereocenters. The molecule has 0 aliphatic rings. The molecule has 5 heteroatoms. The van der Waals surface area contributed by atoms with Crippen LogP contribution in [0.25, 0.3) is 0 Å². The van der Waals surface area contributed by atoms with E-state index < -0.39 is 4.92 Å². The molecular weight excluding hydrogens is 230 g/mol. The van der Waals surface area contributed by atoms with Crippen LogP contribution in [0.2, 0.25) is 5.02 Å². The molecule has 0 saturated carbocycles. The molecule has 1 rings (SSSR count). The van der Waals surface area contributed by atoms with Crippen LogP contribution < -0.4 is 4.74 Å². The zero-order chi connectivity index (χ0) is 12.0. The Morgan fingerprint density at radius 3 is 2.81 bits per heavy atom. The summed E-state index contributed by atoms with van der Waals surface area (Å²) in [6, 6.07) is 4.32. The lowest BCUT2D eigenvalue weighted by atomic mass is 10.2. The van der Waals surface area contributed by atoms with Gasteiger partial charge >= 0.3 is 5.69 Å². The highest BCUT2D eigenvalue weighted by molar-refractivity contribution is 6.30. The van der Waals surface area contributed by atoms with E-state index in [1.54, 1.807) is 0 Å². The Hall–Kier alpha value is -1.29. The number of nitrogens with zero attached hydrogens (tertiary/aromatic N) is 1. The van der Waals surface area contributed by atoms with Crippen molar-refractivity contribution >= 4 is 17.3 Å². The van der Waals surface area contributed by atoms with Crippen molar-refractivity contribution < 1.29 is 9.66 Å². The molecule has 1 aromatic carbocycles. The molecule has 0 amide bonds. The lowest BCUT2D eigenvalue weighted by molar-refractivity contribution is -0.385. The van der Waals surface area contributed by atoms with E-state index in [0.717, 1.165) is 19.3 Å². The third-order valence-corrected chi connectivity index (χ3v) is 2.36. The molecule has 0 spiro atoms. The topological polar surface area (TPSA) is 52.4 Å². The maximum atomic E-state index is 10.7. The van der Waals surface area contributed by atoms with Gasteiger partial charge in [-0.2, -0.15) is 0 Å². The van der Waals surface area contributed by atoms with Gasteiger partial charge in [-0.1, -0.05) is 31.4 Å². The number of nitro groups is 1. The summed E-state index contributed by atoms with van der Waals surface area (Å²) in [4.78, 5) is 10.2. The number of halogens is 1. The van der Waals surface area contributed by atoms with Gasteiger partial charge in [-0.3, -0.25) is 10.1 Å². The van der Waals surface area contributed by atoms with Gasteiger partial charge in [0.1, 0.15) is 0 Å². The molecule has 0 fully saturated rings. The number of nitro benzene ring substituents is 1. The summed E-state index contributed by atoms with van der Waals surface area (Å²) in [5.41, 5.74) is -0.0408. The molecule has 0 aliphatic carbocycles. The lowest BCUT2D eigenvalue weighted by Crippen LogP contribution is -2.00. The summed E-state index contributed by atoms with van der Waals surface area (Å²) in [7, 11) is 0. The summed E-state index contributed by atoms with van der Waals surface area (Å²) >= 11 is 5.76. The zero-order valence-electron chi connectivity index (χ0n) is 9.11. The van der Waals surface area contributed by atoms with Gasteiger partial charge in [0.05, 0.1) is 11.5 Å². The second-order valence-corrected chi connectivity index (χ2v) is 3.86. The van der Waals surface area contributed by atoms with Crippen molar-refractivity contribution in [2.24, 2.45) is 0 Å². The van der Waals surface area contributed by atoms with Crippen LogP contribution in [-0.4, -0.2) is 11.5 Å². The first-order valence-corrected chi connectivity index (χ1v) is 5.59. The van der Waals surface area contributed by atoms with Crippen molar-refractivity contribution in [2.75, 3.05) is 6.61 Å². The lowest BCUT2D eigenvalue weighted by Gasteiger charge is -2.06. The third kappa shape index (κ3) is 3.70. The second-order valence-electron chi connectivity index (χ2n) is 3.42. The summed E-state index contributed by atoms with van der Waals surface area (Å²) < 4.78 is 5.36. The third-order valence-electron chi connectivity index (χ3n) is 2.12. The van der Waals surface area contributed by atoms with E-state index in [0.29, 0.717) is 11.6 Å². The molecule has 4 nitrogen and oxygen atoms in total. The Morgan fingerprint density at radius 1 is 1.44 bits per heavy atom. The normalized spacial score (nSPS) is 10.1. The van der Waals surface area contributed by atoms with Crippen molar-refractivity contribution in [1.82, 2.24) is 0 Å². The molecule has 0 aliphatic heterocycles. The van der Waals surface area contributed by atoms with Crippen LogP contribution in [-0.2, 0) is 0 Å². The van der Waals surface area contributed by atoms with Crippen molar-refractivity contribution in [2.45, 2.75) is 26.2 Å². The highest BCUT2D eigenvalue weighted by atomic mass is 35.5. The molecule has 0 N–H and O–H groups in total. The van der Waals surface area contributed by atoms with Gasteiger partial charge in [-0.05, 0) is 12.5 Å². The molecule has 16 heavy (non-hydrogen) atoms. The Morgan fingerprint density at radius 2 is 2.19 bits per heavy atom. The largest absolute Gasteiger partial charge is 0.487 e. The smallest absolute Gasteiger partial charge is 0.311 e. The minimum atomic E-state index is -0.467. The summed E-state index contributed by atoms with van der Waals surface area (Å²) in [6.45, 7) is 2.57. The van der Waals surface area contributed by atoms with E-state index in [9.17, 15) is 10.1 Å². The van der Waals surface area contributed by atoms with Gasteiger partial charge in [0.25, 0.3) is 0 Å². The molecule has 0 bridgehead atoms. The number of unbranched alkanes of at least 4 members (excludes halogenated alkanes) is 2. The molecule has 0 heterocycles. The molecule has 0 radical (unpaired) electrons. The maximum absolute atomic E-state index is 10.7. The Bertz CT molecular complexity index is 368. The zero-order valence-corrected chi connectivity index (χ0v) is 9.87. The summed E-state index contributed by atoms with van der Waals surface area (Å²) in [6.07, 6.45) is 3.02. The van der Waals surface area contributed by atoms with Crippen LogP contribution in [0.15, 0.2) is 18.2 Å². The number of hydrogen-bond acceptors (Lipinski definition) is 3. The minimum absolute atomic E-state index is 0.0408. The van der Waals surface area contributed by atoms with Gasteiger partial charge < -0.3 is 4.74 Å². The first kappa shape index (κ1) is 12.8. The molecule has 0 saturated heterocycles. The van der Waals surface area contributed by atoms with Crippen molar-refractivity contribution in [3.63, 3.8) is 0 Å². The number of rotatable bonds is 6. The quantitative estimate of drug-likeness (QED) is 0.434. The fraction of sp³-hybridized carbons (Fsp3) is 0.455. The molecule has 88 valence electrons. The predicted octanol–water partition coefficient (Wildman–Crippen LogP) is 3.82. The predicted molar refractivity (Wildman–Crippen MR) is 63.1 cm³/mol. The fourth-order valence-corrected chi connectivity index (χ4v) is 1.45. The first-order chi connectivity index (χ1) is 7.65. The Balaban J connectivity index is 2.68. The Labute approximate surface area is 99.3 Å². The van der Waals surface area contributed by atoms with Gasteiger partial charge in [0, 0.05) is 17.2 Å². The summed E-state index contributed by atoms with van der Waals surface area (Å²) in [5.74, 6) is 0.244.